The van der Waals surface area contributed by atoms with Gasteiger partial charge in [0.1, 0.15) is 5.75 Å². The summed E-state index contributed by atoms with van der Waals surface area (Å²) >= 11 is 0. The van der Waals surface area contributed by atoms with Crippen molar-refractivity contribution in [2.24, 2.45) is 23.7 Å². The van der Waals surface area contributed by atoms with Gasteiger partial charge in [-0.1, -0.05) is 5.16 Å². The van der Waals surface area contributed by atoms with E-state index in [9.17, 15) is 13.2 Å². The highest BCUT2D eigenvalue weighted by Gasteiger charge is 2.48. The molecule has 1 aromatic heterocycles. The normalized spacial score (nSPS) is 29.0. The van der Waals surface area contributed by atoms with Gasteiger partial charge in [-0.15, -0.1) is 0 Å². The van der Waals surface area contributed by atoms with Crippen LogP contribution < -0.4 is 4.74 Å². The second kappa shape index (κ2) is 8.36. The molecule has 0 spiro atoms. The summed E-state index contributed by atoms with van der Waals surface area (Å²) in [5.41, 5.74) is 2.11. The molecular formula is C24H29F3N2O3. The third-order valence-corrected chi connectivity index (χ3v) is 7.37. The molecule has 1 aromatic carbocycles. The number of hydrogen-bond donors (Lipinski definition) is 0. The number of benzene rings is 1. The van der Waals surface area contributed by atoms with Gasteiger partial charge in [-0.3, -0.25) is 0 Å². The fraction of sp³-hybridized carbons (Fsp3) is 0.667. The van der Waals surface area contributed by atoms with Crippen LogP contribution >= 0.6 is 0 Å². The molecule has 0 atom stereocenters. The van der Waals surface area contributed by atoms with Gasteiger partial charge in [0, 0.05) is 12.0 Å². The van der Waals surface area contributed by atoms with Crippen LogP contribution in [0.1, 0.15) is 55.5 Å². The number of aryl methyl sites for hydroxylation is 2. The average Bonchev–Trinajstić information content (AvgIpc) is 3.21. The van der Waals surface area contributed by atoms with Crippen molar-refractivity contribution in [3.63, 3.8) is 0 Å². The summed E-state index contributed by atoms with van der Waals surface area (Å²) < 4.78 is 54.8. The molecule has 5 nitrogen and oxygen atoms in total. The van der Waals surface area contributed by atoms with E-state index in [1.165, 1.54) is 32.1 Å². The minimum Gasteiger partial charge on any atom is -0.493 e. The summed E-state index contributed by atoms with van der Waals surface area (Å²) in [5, 5.41) is 3.46. The van der Waals surface area contributed by atoms with Gasteiger partial charge in [0.05, 0.1) is 19.3 Å². The van der Waals surface area contributed by atoms with Gasteiger partial charge in [0.15, 0.2) is 0 Å². The van der Waals surface area contributed by atoms with Crippen molar-refractivity contribution in [1.29, 1.82) is 0 Å². The first-order chi connectivity index (χ1) is 15.3. The molecule has 0 N–H and O–H groups in total. The first-order valence-corrected chi connectivity index (χ1v) is 11.5. The van der Waals surface area contributed by atoms with E-state index in [0.29, 0.717) is 24.9 Å². The Morgan fingerprint density at radius 2 is 1.59 bits per heavy atom. The van der Waals surface area contributed by atoms with Gasteiger partial charge in [-0.05, 0) is 92.9 Å². The topological polar surface area (TPSA) is 57.4 Å². The Morgan fingerprint density at radius 1 is 0.969 bits per heavy atom. The monoisotopic (exact) mass is 450 g/mol. The van der Waals surface area contributed by atoms with Crippen molar-refractivity contribution >= 4 is 0 Å². The van der Waals surface area contributed by atoms with Crippen LogP contribution in [-0.2, 0) is 10.9 Å². The molecule has 8 heteroatoms. The molecule has 4 aliphatic rings. The summed E-state index contributed by atoms with van der Waals surface area (Å²) in [4.78, 5) is 3.47. The van der Waals surface area contributed by atoms with Crippen molar-refractivity contribution in [2.45, 2.75) is 64.7 Å². The molecule has 0 saturated heterocycles. The number of nitrogens with zero attached hydrogens (tertiary/aromatic N) is 2. The second-order valence-electron chi connectivity index (χ2n) is 9.83. The van der Waals surface area contributed by atoms with Crippen LogP contribution in [-0.4, -0.2) is 29.5 Å². The van der Waals surface area contributed by atoms with E-state index >= 15 is 0 Å². The number of hydrogen-bond acceptors (Lipinski definition) is 5. The van der Waals surface area contributed by atoms with E-state index in [1.54, 1.807) is 12.1 Å². The van der Waals surface area contributed by atoms with Crippen molar-refractivity contribution in [3.8, 4) is 17.1 Å². The number of rotatable bonds is 7. The van der Waals surface area contributed by atoms with Gasteiger partial charge in [-0.2, -0.15) is 18.2 Å². The van der Waals surface area contributed by atoms with Crippen LogP contribution in [0.25, 0.3) is 11.4 Å². The van der Waals surface area contributed by atoms with Crippen LogP contribution in [0.5, 0.6) is 5.75 Å². The highest BCUT2D eigenvalue weighted by molar-refractivity contribution is 5.61. The van der Waals surface area contributed by atoms with E-state index in [-0.39, 0.29) is 5.82 Å². The summed E-state index contributed by atoms with van der Waals surface area (Å²) in [5.74, 6) is 2.72. The quantitative estimate of drug-likeness (QED) is 0.486. The van der Waals surface area contributed by atoms with Crippen LogP contribution in [0.15, 0.2) is 16.7 Å². The molecule has 174 valence electrons. The molecule has 1 heterocycles. The average molecular weight is 451 g/mol. The molecule has 0 unspecified atom stereocenters. The van der Waals surface area contributed by atoms with Gasteiger partial charge >= 0.3 is 12.1 Å². The highest BCUT2D eigenvalue weighted by Crippen LogP contribution is 2.54. The summed E-state index contributed by atoms with van der Waals surface area (Å²) in [6.45, 7) is 4.96. The van der Waals surface area contributed by atoms with Gasteiger partial charge in [0.2, 0.25) is 5.82 Å². The highest BCUT2D eigenvalue weighted by atomic mass is 19.4. The van der Waals surface area contributed by atoms with Crippen molar-refractivity contribution in [2.75, 3.05) is 13.2 Å². The second-order valence-corrected chi connectivity index (χ2v) is 9.83. The minimum atomic E-state index is -4.66. The molecule has 6 rings (SSSR count). The predicted molar refractivity (Wildman–Crippen MR) is 111 cm³/mol. The molecule has 32 heavy (non-hydrogen) atoms. The van der Waals surface area contributed by atoms with E-state index in [2.05, 4.69) is 14.7 Å². The molecule has 4 fully saturated rings. The third-order valence-electron chi connectivity index (χ3n) is 7.37. The Kier molecular flexibility index (Phi) is 5.68. The Morgan fingerprint density at radius 3 is 2.16 bits per heavy atom. The Bertz CT molecular complexity index is 921. The lowest BCUT2D eigenvalue weighted by Crippen LogP contribution is -2.49. The lowest BCUT2D eigenvalue weighted by molar-refractivity contribution is -0.159. The van der Waals surface area contributed by atoms with Gasteiger partial charge < -0.3 is 14.0 Å². The molecule has 0 aliphatic heterocycles. The first-order valence-electron chi connectivity index (χ1n) is 11.5. The maximum atomic E-state index is 12.7. The van der Waals surface area contributed by atoms with E-state index in [4.69, 9.17) is 9.47 Å². The summed E-state index contributed by atoms with van der Waals surface area (Å²) in [7, 11) is 0. The van der Waals surface area contributed by atoms with E-state index in [0.717, 1.165) is 47.0 Å². The fourth-order valence-electron chi connectivity index (χ4n) is 6.36. The Balaban J connectivity index is 1.14. The largest absolute Gasteiger partial charge is 0.493 e. The van der Waals surface area contributed by atoms with Crippen LogP contribution in [0.3, 0.4) is 0 Å². The van der Waals surface area contributed by atoms with Gasteiger partial charge in [0.25, 0.3) is 0 Å². The standard InChI is InChI=1S/C24H29F3N2O3/c1-13-6-19(22-28-23(32-29-22)24(25,26)27)7-14(2)20(13)30-4-3-5-31-21-17-9-15-8-16(11-17)12-18(21)10-15/h6-7,15-18,21H,3-5,8-12H2,1-2H3. The van der Waals surface area contributed by atoms with E-state index < -0.39 is 12.1 Å². The molecule has 4 bridgehead atoms. The zero-order chi connectivity index (χ0) is 22.5. The summed E-state index contributed by atoms with van der Waals surface area (Å²) in [6.07, 6.45) is 3.44. The third kappa shape index (κ3) is 4.26. The minimum absolute atomic E-state index is 0.0841. The Hall–Kier alpha value is -2.09. The summed E-state index contributed by atoms with van der Waals surface area (Å²) in [6, 6.07) is 3.44. The fourth-order valence-corrected chi connectivity index (χ4v) is 6.36. The zero-order valence-corrected chi connectivity index (χ0v) is 18.5. The smallest absolute Gasteiger partial charge is 0.471 e. The van der Waals surface area contributed by atoms with Crippen LogP contribution in [0.2, 0.25) is 0 Å². The maximum Gasteiger partial charge on any atom is 0.471 e. The Labute approximate surface area is 185 Å². The number of aromatic nitrogens is 2. The zero-order valence-electron chi connectivity index (χ0n) is 18.5. The lowest BCUT2D eigenvalue weighted by atomic mass is 9.55. The molecule has 0 radical (unpaired) electrons. The van der Waals surface area contributed by atoms with Crippen molar-refractivity contribution in [1.82, 2.24) is 10.1 Å². The van der Waals surface area contributed by atoms with Crippen LogP contribution in [0, 0.1) is 37.5 Å². The first kappa shape index (κ1) is 21.7. The van der Waals surface area contributed by atoms with Crippen molar-refractivity contribution in [3.05, 3.63) is 29.2 Å². The van der Waals surface area contributed by atoms with Crippen molar-refractivity contribution < 1.29 is 27.2 Å². The van der Waals surface area contributed by atoms with Crippen LogP contribution in [0.4, 0.5) is 13.2 Å². The van der Waals surface area contributed by atoms with Gasteiger partial charge in [-0.25, -0.2) is 0 Å². The molecule has 2 aromatic rings. The number of halogens is 3. The lowest BCUT2D eigenvalue weighted by Gasteiger charge is -2.54. The maximum absolute atomic E-state index is 12.7. The molecule has 0 amide bonds. The molecule has 4 aliphatic carbocycles. The SMILES string of the molecule is Cc1cc(-c2noc(C(F)(F)F)n2)cc(C)c1OCCCOC1C2CC3CC(C2)CC1C3. The van der Waals surface area contributed by atoms with E-state index in [1.807, 2.05) is 13.8 Å². The molecular weight excluding hydrogens is 421 g/mol. The number of ether oxygens (including phenoxy) is 2. The predicted octanol–water partition coefficient (Wildman–Crippen LogP) is 5.98. The molecule has 4 saturated carbocycles. The number of alkyl halides is 3.